The molecule has 1 aliphatic rings. The molecule has 1 fully saturated rings. The Morgan fingerprint density at radius 1 is 1.00 bits per heavy atom. The summed E-state index contributed by atoms with van der Waals surface area (Å²) in [5.74, 6) is -1.13. The molecule has 1 aliphatic carbocycles. The molecular weight excluding hydrogens is 307 g/mol. The lowest BCUT2D eigenvalue weighted by Gasteiger charge is -2.06. The Morgan fingerprint density at radius 3 is 2.29 bits per heavy atom. The molecule has 0 aromatic heterocycles. The number of amides is 2. The van der Waals surface area contributed by atoms with Crippen LogP contribution < -0.4 is 10.6 Å². The van der Waals surface area contributed by atoms with Gasteiger partial charge in [0.15, 0.2) is 0 Å². The van der Waals surface area contributed by atoms with E-state index >= 15 is 0 Å². The Labute approximate surface area is 140 Å². The van der Waals surface area contributed by atoms with Crippen LogP contribution in [0.4, 0.5) is 10.1 Å². The highest BCUT2D eigenvalue weighted by Gasteiger charge is 2.47. The number of benzene rings is 2. The van der Waals surface area contributed by atoms with Gasteiger partial charge in [0, 0.05) is 12.2 Å². The van der Waals surface area contributed by atoms with E-state index in [4.69, 9.17) is 0 Å². The number of anilines is 1. The van der Waals surface area contributed by atoms with E-state index in [1.165, 1.54) is 12.1 Å². The predicted molar refractivity (Wildman–Crippen MR) is 89.7 cm³/mol. The molecule has 0 saturated heterocycles. The molecule has 0 heterocycles. The monoisotopic (exact) mass is 326 g/mol. The van der Waals surface area contributed by atoms with Crippen molar-refractivity contribution >= 4 is 17.5 Å². The van der Waals surface area contributed by atoms with Crippen LogP contribution in [0.15, 0.2) is 48.5 Å². The van der Waals surface area contributed by atoms with Gasteiger partial charge in [-0.25, -0.2) is 4.39 Å². The number of rotatable bonds is 5. The molecule has 2 aromatic carbocycles. The van der Waals surface area contributed by atoms with Gasteiger partial charge in [-0.1, -0.05) is 29.8 Å². The van der Waals surface area contributed by atoms with Crippen LogP contribution in [0.5, 0.6) is 0 Å². The lowest BCUT2D eigenvalue weighted by molar-refractivity contribution is -0.125. The zero-order valence-corrected chi connectivity index (χ0v) is 13.4. The Balaban J connectivity index is 1.47. The molecule has 3 rings (SSSR count). The number of hydrogen-bond donors (Lipinski definition) is 2. The van der Waals surface area contributed by atoms with Gasteiger partial charge in [-0.2, -0.15) is 0 Å². The fourth-order valence-corrected chi connectivity index (χ4v) is 2.57. The minimum Gasteiger partial charge on any atom is -0.352 e. The van der Waals surface area contributed by atoms with Gasteiger partial charge >= 0.3 is 0 Å². The first-order chi connectivity index (χ1) is 11.5. The van der Waals surface area contributed by atoms with E-state index < -0.39 is 0 Å². The molecule has 0 radical (unpaired) electrons. The number of carbonyl (C=O) groups excluding carboxylic acids is 2. The first-order valence-electron chi connectivity index (χ1n) is 7.92. The van der Waals surface area contributed by atoms with Crippen LogP contribution in [0.25, 0.3) is 0 Å². The normalized spacial score (nSPS) is 18.8. The Bertz CT molecular complexity index is 741. The van der Waals surface area contributed by atoms with Crippen LogP contribution in [-0.4, -0.2) is 11.8 Å². The van der Waals surface area contributed by atoms with Crippen molar-refractivity contribution < 1.29 is 14.0 Å². The summed E-state index contributed by atoms with van der Waals surface area (Å²) >= 11 is 0. The van der Waals surface area contributed by atoms with E-state index in [1.807, 2.05) is 31.2 Å². The second kappa shape index (κ2) is 6.83. The van der Waals surface area contributed by atoms with Crippen LogP contribution in [0.2, 0.25) is 0 Å². The number of aryl methyl sites for hydroxylation is 1. The molecular formula is C19H19FN2O2. The highest BCUT2D eigenvalue weighted by Crippen LogP contribution is 2.39. The van der Waals surface area contributed by atoms with E-state index in [2.05, 4.69) is 10.6 Å². The van der Waals surface area contributed by atoms with Crippen molar-refractivity contribution in [3.8, 4) is 0 Å². The molecule has 4 nitrogen and oxygen atoms in total. The zero-order chi connectivity index (χ0) is 17.1. The number of halogens is 1. The lowest BCUT2D eigenvalue weighted by atomic mass is 10.2. The SMILES string of the molecule is Cc1ccc(NC(=O)C2CC2C(=O)NCc2ccc(F)cc2)cc1. The molecule has 2 N–H and O–H groups in total. The highest BCUT2D eigenvalue weighted by atomic mass is 19.1. The van der Waals surface area contributed by atoms with E-state index in [0.717, 1.165) is 16.8 Å². The fraction of sp³-hybridized carbons (Fsp3) is 0.263. The molecule has 24 heavy (non-hydrogen) atoms. The van der Waals surface area contributed by atoms with Gasteiger partial charge in [0.1, 0.15) is 5.82 Å². The molecule has 2 atom stereocenters. The fourth-order valence-electron chi connectivity index (χ4n) is 2.57. The average Bonchev–Trinajstić information content (AvgIpc) is 3.37. The van der Waals surface area contributed by atoms with Crippen molar-refractivity contribution in [3.63, 3.8) is 0 Å². The minimum absolute atomic E-state index is 0.124. The van der Waals surface area contributed by atoms with Crippen LogP contribution >= 0.6 is 0 Å². The van der Waals surface area contributed by atoms with Crippen LogP contribution in [0, 0.1) is 24.6 Å². The standard InChI is InChI=1S/C19H19FN2O2/c1-12-2-8-15(9-3-12)22-19(24)17-10-16(17)18(23)21-11-13-4-6-14(20)7-5-13/h2-9,16-17H,10-11H2,1H3,(H,21,23)(H,22,24). The number of nitrogens with one attached hydrogen (secondary N) is 2. The van der Waals surface area contributed by atoms with Gasteiger partial charge in [0.25, 0.3) is 0 Å². The smallest absolute Gasteiger partial charge is 0.228 e. The lowest BCUT2D eigenvalue weighted by Crippen LogP contribution is -2.27. The van der Waals surface area contributed by atoms with Crippen molar-refractivity contribution in [2.24, 2.45) is 11.8 Å². The van der Waals surface area contributed by atoms with Gasteiger partial charge in [-0.3, -0.25) is 9.59 Å². The maximum Gasteiger partial charge on any atom is 0.228 e. The van der Waals surface area contributed by atoms with Gasteiger partial charge in [-0.05, 0) is 43.2 Å². The maximum atomic E-state index is 12.8. The van der Waals surface area contributed by atoms with Gasteiger partial charge in [-0.15, -0.1) is 0 Å². The molecule has 124 valence electrons. The zero-order valence-electron chi connectivity index (χ0n) is 13.4. The molecule has 2 amide bonds. The van der Waals surface area contributed by atoms with E-state index in [9.17, 15) is 14.0 Å². The van der Waals surface area contributed by atoms with Crippen molar-refractivity contribution in [2.45, 2.75) is 19.9 Å². The Kier molecular flexibility index (Phi) is 4.60. The highest BCUT2D eigenvalue weighted by molar-refractivity contribution is 5.99. The summed E-state index contributed by atoms with van der Waals surface area (Å²) < 4.78 is 12.8. The molecule has 0 spiro atoms. The van der Waals surface area contributed by atoms with Crippen molar-refractivity contribution in [3.05, 3.63) is 65.5 Å². The Hall–Kier alpha value is -2.69. The van der Waals surface area contributed by atoms with E-state index in [0.29, 0.717) is 13.0 Å². The summed E-state index contributed by atoms with van der Waals surface area (Å²) in [6.07, 6.45) is 0.562. The van der Waals surface area contributed by atoms with Crippen LogP contribution in [0.1, 0.15) is 17.5 Å². The van der Waals surface area contributed by atoms with Gasteiger partial charge in [0.05, 0.1) is 11.8 Å². The summed E-state index contributed by atoms with van der Waals surface area (Å²) in [6, 6.07) is 13.5. The third-order valence-corrected chi connectivity index (χ3v) is 4.16. The summed E-state index contributed by atoms with van der Waals surface area (Å²) in [4.78, 5) is 24.2. The third-order valence-electron chi connectivity index (χ3n) is 4.16. The van der Waals surface area contributed by atoms with Gasteiger partial charge in [0.2, 0.25) is 11.8 Å². The summed E-state index contributed by atoms with van der Waals surface area (Å²) in [5, 5.41) is 5.63. The average molecular weight is 326 g/mol. The molecule has 2 unspecified atom stereocenters. The van der Waals surface area contributed by atoms with Crippen molar-refractivity contribution in [1.29, 1.82) is 0 Å². The van der Waals surface area contributed by atoms with Crippen LogP contribution in [0.3, 0.4) is 0 Å². The van der Waals surface area contributed by atoms with Crippen molar-refractivity contribution in [2.75, 3.05) is 5.32 Å². The first-order valence-corrected chi connectivity index (χ1v) is 7.92. The van der Waals surface area contributed by atoms with Crippen LogP contribution in [-0.2, 0) is 16.1 Å². The summed E-state index contributed by atoms with van der Waals surface area (Å²) in [6.45, 7) is 2.32. The number of hydrogen-bond acceptors (Lipinski definition) is 2. The van der Waals surface area contributed by atoms with E-state index in [1.54, 1.807) is 12.1 Å². The van der Waals surface area contributed by atoms with E-state index in [-0.39, 0.29) is 29.5 Å². The predicted octanol–water partition coefficient (Wildman–Crippen LogP) is 3.03. The minimum atomic E-state index is -0.305. The molecule has 0 aliphatic heterocycles. The molecule has 5 heteroatoms. The van der Waals surface area contributed by atoms with Gasteiger partial charge < -0.3 is 10.6 Å². The first kappa shape index (κ1) is 16.2. The maximum absolute atomic E-state index is 12.8. The van der Waals surface area contributed by atoms with Crippen molar-refractivity contribution in [1.82, 2.24) is 5.32 Å². The molecule has 2 aromatic rings. The Morgan fingerprint density at radius 2 is 1.62 bits per heavy atom. The summed E-state index contributed by atoms with van der Waals surface area (Å²) in [7, 11) is 0. The topological polar surface area (TPSA) is 58.2 Å². The molecule has 1 saturated carbocycles. The second-order valence-electron chi connectivity index (χ2n) is 6.15. The second-order valence-corrected chi connectivity index (χ2v) is 6.15. The largest absolute Gasteiger partial charge is 0.352 e. The molecule has 0 bridgehead atoms. The summed E-state index contributed by atoms with van der Waals surface area (Å²) in [5.41, 5.74) is 2.69. The third kappa shape index (κ3) is 3.98. The quantitative estimate of drug-likeness (QED) is 0.887. The number of carbonyl (C=O) groups is 2.